The lowest BCUT2D eigenvalue weighted by atomic mass is 9.88. The van der Waals surface area contributed by atoms with Crippen molar-refractivity contribution < 1.29 is 14.6 Å². The Morgan fingerprint density at radius 3 is 2.77 bits per heavy atom. The topological polar surface area (TPSA) is 46.5 Å². The highest BCUT2D eigenvalue weighted by Crippen LogP contribution is 2.30. The number of hydrogen-bond acceptors (Lipinski definition) is 3. The quantitative estimate of drug-likeness (QED) is 0.662. The van der Waals surface area contributed by atoms with Crippen LogP contribution in [0.25, 0.3) is 0 Å². The smallest absolute Gasteiger partial charge is 0.313 e. The molecule has 0 saturated carbocycles. The van der Waals surface area contributed by atoms with Gasteiger partial charge in [-0.1, -0.05) is 19.8 Å². The molecule has 0 radical (unpaired) electrons. The molecule has 0 bridgehead atoms. The van der Waals surface area contributed by atoms with Crippen molar-refractivity contribution >= 4 is 5.97 Å². The van der Waals surface area contributed by atoms with Crippen LogP contribution >= 0.6 is 0 Å². The third-order valence-electron chi connectivity index (χ3n) is 2.46. The number of ether oxygens (including phenoxy) is 1. The van der Waals surface area contributed by atoms with E-state index in [0.29, 0.717) is 6.42 Å². The molecule has 1 N–H and O–H groups in total. The van der Waals surface area contributed by atoms with Crippen LogP contribution in [0.1, 0.15) is 39.5 Å². The summed E-state index contributed by atoms with van der Waals surface area (Å²) in [6.45, 7) is 3.83. The second-order valence-electron chi connectivity index (χ2n) is 3.81. The van der Waals surface area contributed by atoms with Crippen molar-refractivity contribution in [1.82, 2.24) is 0 Å². The van der Waals surface area contributed by atoms with Crippen LogP contribution in [0, 0.1) is 5.92 Å². The molecule has 0 aromatic carbocycles. The molecule has 0 aromatic heterocycles. The fourth-order valence-electron chi connectivity index (χ4n) is 1.67. The molecule has 0 spiro atoms. The zero-order valence-electron chi connectivity index (χ0n) is 8.32. The minimum atomic E-state index is -0.373. The number of aliphatic hydroxyl groups is 1. The summed E-state index contributed by atoms with van der Waals surface area (Å²) in [5.74, 6) is -0.0337. The number of aliphatic hydroxyl groups excluding tert-OH is 1. The van der Waals surface area contributed by atoms with Crippen molar-refractivity contribution in [2.45, 2.75) is 51.7 Å². The van der Waals surface area contributed by atoms with E-state index in [2.05, 4.69) is 6.92 Å². The predicted octanol–water partition coefficient (Wildman–Crippen LogP) is 1.49. The molecule has 1 aliphatic heterocycles. The van der Waals surface area contributed by atoms with Gasteiger partial charge in [0.2, 0.25) is 0 Å². The van der Waals surface area contributed by atoms with E-state index < -0.39 is 0 Å². The van der Waals surface area contributed by atoms with Gasteiger partial charge in [0.1, 0.15) is 6.10 Å². The molecule has 1 aliphatic rings. The summed E-state index contributed by atoms with van der Waals surface area (Å²) >= 11 is 0. The lowest BCUT2D eigenvalue weighted by Gasteiger charge is -2.35. The fourth-order valence-corrected chi connectivity index (χ4v) is 1.67. The second-order valence-corrected chi connectivity index (χ2v) is 3.81. The van der Waals surface area contributed by atoms with E-state index in [-0.39, 0.29) is 24.1 Å². The van der Waals surface area contributed by atoms with E-state index in [9.17, 15) is 4.79 Å². The average molecular weight is 186 g/mol. The number of rotatable bonds is 5. The maximum absolute atomic E-state index is 11.0. The summed E-state index contributed by atoms with van der Waals surface area (Å²) in [4.78, 5) is 11.0. The average Bonchev–Trinajstić information content (AvgIpc) is 2.03. The number of cyclic esters (lactones) is 1. The molecule has 1 rings (SSSR count). The van der Waals surface area contributed by atoms with Gasteiger partial charge in [-0.05, 0) is 13.3 Å². The Balaban J connectivity index is 2.28. The van der Waals surface area contributed by atoms with E-state index in [4.69, 9.17) is 9.84 Å². The van der Waals surface area contributed by atoms with E-state index in [1.54, 1.807) is 6.92 Å². The molecule has 0 amide bonds. The summed E-state index contributed by atoms with van der Waals surface area (Å²) in [5.41, 5.74) is 0. The van der Waals surface area contributed by atoms with Crippen molar-refractivity contribution in [3.63, 3.8) is 0 Å². The first-order valence-electron chi connectivity index (χ1n) is 5.03. The third-order valence-corrected chi connectivity index (χ3v) is 2.46. The normalized spacial score (nSPS) is 29.3. The number of unbranched alkanes of at least 4 members (excludes halogenated alkanes) is 1. The van der Waals surface area contributed by atoms with Gasteiger partial charge in [-0.15, -0.1) is 0 Å². The molecular formula is C10H18O3. The van der Waals surface area contributed by atoms with Crippen LogP contribution < -0.4 is 0 Å². The summed E-state index contributed by atoms with van der Waals surface area (Å²) < 4.78 is 4.96. The van der Waals surface area contributed by atoms with Crippen LogP contribution in [0.3, 0.4) is 0 Å². The number of carbonyl (C=O) groups is 1. The van der Waals surface area contributed by atoms with Crippen LogP contribution in [0.4, 0.5) is 0 Å². The fraction of sp³-hybridized carbons (Fsp3) is 0.900. The molecular weight excluding hydrogens is 168 g/mol. The zero-order valence-corrected chi connectivity index (χ0v) is 8.32. The summed E-state index contributed by atoms with van der Waals surface area (Å²) in [6.07, 6.45) is 3.26. The van der Waals surface area contributed by atoms with Gasteiger partial charge < -0.3 is 9.84 Å². The third kappa shape index (κ3) is 2.69. The van der Waals surface area contributed by atoms with Gasteiger partial charge in [-0.25, -0.2) is 0 Å². The number of hydrogen-bond donors (Lipinski definition) is 1. The summed E-state index contributed by atoms with van der Waals surface area (Å²) in [6, 6.07) is 0. The monoisotopic (exact) mass is 186 g/mol. The Hall–Kier alpha value is -0.570. The zero-order chi connectivity index (χ0) is 9.84. The molecule has 3 heteroatoms. The van der Waals surface area contributed by atoms with E-state index in [1.807, 2.05) is 0 Å². The molecule has 0 aliphatic carbocycles. The van der Waals surface area contributed by atoms with Gasteiger partial charge >= 0.3 is 5.97 Å². The molecule has 76 valence electrons. The van der Waals surface area contributed by atoms with Crippen LogP contribution in [-0.4, -0.2) is 23.3 Å². The summed E-state index contributed by atoms with van der Waals surface area (Å²) in [7, 11) is 0. The lowest BCUT2D eigenvalue weighted by Crippen LogP contribution is -2.46. The first-order valence-corrected chi connectivity index (χ1v) is 5.03. The van der Waals surface area contributed by atoms with Crippen molar-refractivity contribution in [3.8, 4) is 0 Å². The van der Waals surface area contributed by atoms with E-state index in [1.165, 1.54) is 0 Å². The minimum Gasteiger partial charge on any atom is -0.461 e. The SMILES string of the molecule is CCCC[C@@H]1C(=O)O[C@H]1C[C@@H](C)O. The van der Waals surface area contributed by atoms with Crippen LogP contribution in [0.5, 0.6) is 0 Å². The van der Waals surface area contributed by atoms with E-state index >= 15 is 0 Å². The maximum Gasteiger partial charge on any atom is 0.313 e. The number of carbonyl (C=O) groups excluding carboxylic acids is 1. The van der Waals surface area contributed by atoms with Gasteiger partial charge in [0.15, 0.2) is 0 Å². The molecule has 1 heterocycles. The van der Waals surface area contributed by atoms with Gasteiger partial charge in [-0.3, -0.25) is 4.79 Å². The van der Waals surface area contributed by atoms with Crippen molar-refractivity contribution in [2.75, 3.05) is 0 Å². The van der Waals surface area contributed by atoms with Crippen LogP contribution in [-0.2, 0) is 9.53 Å². The Kier molecular flexibility index (Phi) is 3.72. The Labute approximate surface area is 79.1 Å². The minimum absolute atomic E-state index is 0.0287. The molecule has 1 fully saturated rings. The van der Waals surface area contributed by atoms with Crippen molar-refractivity contribution in [3.05, 3.63) is 0 Å². The van der Waals surface area contributed by atoms with Gasteiger partial charge in [0, 0.05) is 6.42 Å². The Bertz CT molecular complexity index is 177. The molecule has 13 heavy (non-hydrogen) atoms. The van der Waals surface area contributed by atoms with E-state index in [0.717, 1.165) is 19.3 Å². The first kappa shape index (κ1) is 10.5. The second kappa shape index (κ2) is 4.61. The highest BCUT2D eigenvalue weighted by atomic mass is 16.6. The van der Waals surface area contributed by atoms with Crippen molar-refractivity contribution in [2.24, 2.45) is 5.92 Å². The Morgan fingerprint density at radius 1 is 1.62 bits per heavy atom. The summed E-state index contributed by atoms with van der Waals surface area (Å²) in [5, 5.41) is 9.13. The molecule has 1 saturated heterocycles. The highest BCUT2D eigenvalue weighted by Gasteiger charge is 2.41. The Morgan fingerprint density at radius 2 is 2.31 bits per heavy atom. The number of esters is 1. The molecule has 0 aromatic rings. The lowest BCUT2D eigenvalue weighted by molar-refractivity contribution is -0.188. The standard InChI is InChI=1S/C10H18O3/c1-3-4-5-8-9(6-7(2)11)13-10(8)12/h7-9,11H,3-6H2,1-2H3/t7-,8+,9+/m1/s1. The van der Waals surface area contributed by atoms with Gasteiger partial charge in [0.25, 0.3) is 0 Å². The van der Waals surface area contributed by atoms with Crippen molar-refractivity contribution in [1.29, 1.82) is 0 Å². The maximum atomic E-state index is 11.0. The largest absolute Gasteiger partial charge is 0.461 e. The molecule has 3 nitrogen and oxygen atoms in total. The highest BCUT2D eigenvalue weighted by molar-refractivity contribution is 5.78. The van der Waals surface area contributed by atoms with Gasteiger partial charge in [0.05, 0.1) is 12.0 Å². The predicted molar refractivity (Wildman–Crippen MR) is 49.2 cm³/mol. The van der Waals surface area contributed by atoms with Crippen LogP contribution in [0.2, 0.25) is 0 Å². The van der Waals surface area contributed by atoms with Gasteiger partial charge in [-0.2, -0.15) is 0 Å². The molecule has 0 unspecified atom stereocenters. The molecule has 3 atom stereocenters. The van der Waals surface area contributed by atoms with Crippen LogP contribution in [0.15, 0.2) is 0 Å². The first-order chi connectivity index (χ1) is 6.15.